The second-order valence-electron chi connectivity index (χ2n) is 5.04. The van der Waals surface area contributed by atoms with Crippen LogP contribution in [0, 0.1) is 0 Å². The van der Waals surface area contributed by atoms with Crippen LogP contribution < -0.4 is 5.32 Å². The number of nitrogens with zero attached hydrogens (tertiary/aromatic N) is 2. The molecule has 22 heavy (non-hydrogen) atoms. The molecular formula is C15H17N3O4. The Hall–Kier alpha value is -2.70. The van der Waals surface area contributed by atoms with Crippen LogP contribution in [0.3, 0.4) is 0 Å². The molecule has 1 aromatic heterocycles. The summed E-state index contributed by atoms with van der Waals surface area (Å²) >= 11 is 0. The zero-order valence-electron chi connectivity index (χ0n) is 12.6. The number of amides is 1. The number of hydrogen-bond donors (Lipinski definition) is 1. The number of rotatable bonds is 5. The Morgan fingerprint density at radius 3 is 2.77 bits per heavy atom. The van der Waals surface area contributed by atoms with E-state index in [9.17, 15) is 9.59 Å². The Morgan fingerprint density at radius 2 is 2.14 bits per heavy atom. The fourth-order valence-electron chi connectivity index (χ4n) is 1.70. The SMILES string of the molecule is CC(=O)Nc1cccc(C(=O)OCc2nc(C(C)C)no2)c1. The van der Waals surface area contributed by atoms with E-state index in [0.29, 0.717) is 17.1 Å². The average Bonchev–Trinajstić information content (AvgIpc) is 2.93. The van der Waals surface area contributed by atoms with Gasteiger partial charge in [-0.1, -0.05) is 25.1 Å². The lowest BCUT2D eigenvalue weighted by Gasteiger charge is -2.05. The molecule has 7 nitrogen and oxygen atoms in total. The fraction of sp³-hybridized carbons (Fsp3) is 0.333. The summed E-state index contributed by atoms with van der Waals surface area (Å²) in [6.07, 6.45) is 0. The Kier molecular flexibility index (Phi) is 4.88. The summed E-state index contributed by atoms with van der Waals surface area (Å²) in [6, 6.07) is 6.48. The highest BCUT2D eigenvalue weighted by molar-refractivity contribution is 5.93. The van der Waals surface area contributed by atoms with E-state index in [4.69, 9.17) is 9.26 Å². The smallest absolute Gasteiger partial charge is 0.338 e. The maximum atomic E-state index is 12.0. The second kappa shape index (κ2) is 6.84. The Morgan fingerprint density at radius 1 is 1.36 bits per heavy atom. The van der Waals surface area contributed by atoms with Crippen LogP contribution in [0.4, 0.5) is 5.69 Å². The highest BCUT2D eigenvalue weighted by Crippen LogP contribution is 2.13. The van der Waals surface area contributed by atoms with Crippen molar-refractivity contribution in [2.75, 3.05) is 5.32 Å². The first kappa shape index (κ1) is 15.7. The van der Waals surface area contributed by atoms with Gasteiger partial charge in [-0.2, -0.15) is 4.98 Å². The molecule has 2 aromatic rings. The lowest BCUT2D eigenvalue weighted by Crippen LogP contribution is -2.09. The van der Waals surface area contributed by atoms with E-state index in [1.807, 2.05) is 13.8 Å². The number of aromatic nitrogens is 2. The molecular weight excluding hydrogens is 286 g/mol. The van der Waals surface area contributed by atoms with E-state index < -0.39 is 5.97 Å². The van der Waals surface area contributed by atoms with Crippen molar-refractivity contribution in [2.24, 2.45) is 0 Å². The monoisotopic (exact) mass is 303 g/mol. The van der Waals surface area contributed by atoms with Crippen molar-refractivity contribution in [1.82, 2.24) is 10.1 Å². The van der Waals surface area contributed by atoms with Crippen molar-refractivity contribution in [3.8, 4) is 0 Å². The highest BCUT2D eigenvalue weighted by atomic mass is 16.6. The molecule has 0 atom stereocenters. The number of esters is 1. The molecule has 0 aliphatic rings. The molecule has 0 spiro atoms. The molecule has 0 aliphatic heterocycles. The first-order chi connectivity index (χ1) is 10.5. The normalized spacial score (nSPS) is 10.5. The Bertz CT molecular complexity index is 679. The number of nitrogens with one attached hydrogen (secondary N) is 1. The van der Waals surface area contributed by atoms with E-state index in [2.05, 4.69) is 15.5 Å². The van der Waals surface area contributed by atoms with Gasteiger partial charge in [-0.05, 0) is 18.2 Å². The molecule has 1 aromatic carbocycles. The quantitative estimate of drug-likeness (QED) is 0.853. The van der Waals surface area contributed by atoms with Gasteiger partial charge >= 0.3 is 5.97 Å². The molecule has 0 saturated heterocycles. The van der Waals surface area contributed by atoms with Crippen molar-refractivity contribution in [3.05, 3.63) is 41.5 Å². The fourth-order valence-corrected chi connectivity index (χ4v) is 1.70. The minimum atomic E-state index is -0.531. The van der Waals surface area contributed by atoms with Crippen LogP contribution in [-0.2, 0) is 16.1 Å². The van der Waals surface area contributed by atoms with E-state index in [0.717, 1.165) is 0 Å². The zero-order valence-corrected chi connectivity index (χ0v) is 12.6. The molecule has 0 bridgehead atoms. The molecule has 0 aliphatic carbocycles. The van der Waals surface area contributed by atoms with Gasteiger partial charge in [0.2, 0.25) is 5.91 Å². The van der Waals surface area contributed by atoms with Gasteiger partial charge in [-0.3, -0.25) is 4.79 Å². The summed E-state index contributed by atoms with van der Waals surface area (Å²) in [4.78, 5) is 27.1. The lowest BCUT2D eigenvalue weighted by atomic mass is 10.2. The van der Waals surface area contributed by atoms with Crippen LogP contribution in [0.2, 0.25) is 0 Å². The minimum absolute atomic E-state index is 0.0943. The molecule has 0 fully saturated rings. The van der Waals surface area contributed by atoms with Gasteiger partial charge in [0.1, 0.15) is 0 Å². The molecule has 1 heterocycles. The lowest BCUT2D eigenvalue weighted by molar-refractivity contribution is -0.114. The number of anilines is 1. The molecule has 116 valence electrons. The number of carbonyl (C=O) groups excluding carboxylic acids is 2. The number of hydrogen-bond acceptors (Lipinski definition) is 6. The highest BCUT2D eigenvalue weighted by Gasteiger charge is 2.13. The third-order valence-electron chi connectivity index (χ3n) is 2.75. The van der Waals surface area contributed by atoms with Gasteiger partial charge in [-0.15, -0.1) is 0 Å². The molecule has 1 amide bonds. The largest absolute Gasteiger partial charge is 0.452 e. The Labute approximate surface area is 127 Å². The molecule has 0 radical (unpaired) electrons. The first-order valence-corrected chi connectivity index (χ1v) is 6.83. The van der Waals surface area contributed by atoms with E-state index >= 15 is 0 Å². The van der Waals surface area contributed by atoms with Crippen LogP contribution in [0.5, 0.6) is 0 Å². The van der Waals surface area contributed by atoms with Crippen molar-refractivity contribution in [3.63, 3.8) is 0 Å². The summed E-state index contributed by atoms with van der Waals surface area (Å²) in [5.41, 5.74) is 0.858. The van der Waals surface area contributed by atoms with Crippen LogP contribution in [0.15, 0.2) is 28.8 Å². The van der Waals surface area contributed by atoms with Crippen LogP contribution in [0.25, 0.3) is 0 Å². The third kappa shape index (κ3) is 4.15. The van der Waals surface area contributed by atoms with E-state index in [1.54, 1.807) is 18.2 Å². The van der Waals surface area contributed by atoms with Gasteiger partial charge in [-0.25, -0.2) is 4.79 Å². The van der Waals surface area contributed by atoms with Crippen molar-refractivity contribution < 1.29 is 18.8 Å². The minimum Gasteiger partial charge on any atom is -0.452 e. The zero-order chi connectivity index (χ0) is 16.1. The predicted octanol–water partition coefficient (Wildman–Crippen LogP) is 2.51. The summed E-state index contributed by atoms with van der Waals surface area (Å²) in [5, 5.41) is 6.39. The molecule has 0 unspecified atom stereocenters. The van der Waals surface area contributed by atoms with Gasteiger partial charge in [0.15, 0.2) is 12.4 Å². The Balaban J connectivity index is 1.98. The summed E-state index contributed by atoms with van der Waals surface area (Å²) in [5.74, 6) is 0.213. The summed E-state index contributed by atoms with van der Waals surface area (Å²) in [7, 11) is 0. The van der Waals surface area contributed by atoms with Gasteiger partial charge in [0, 0.05) is 18.5 Å². The predicted molar refractivity (Wildman–Crippen MR) is 78.3 cm³/mol. The molecule has 2 rings (SSSR count). The van der Waals surface area contributed by atoms with E-state index in [-0.39, 0.29) is 24.3 Å². The topological polar surface area (TPSA) is 94.3 Å². The van der Waals surface area contributed by atoms with Crippen molar-refractivity contribution in [2.45, 2.75) is 33.3 Å². The van der Waals surface area contributed by atoms with E-state index in [1.165, 1.54) is 13.0 Å². The number of carbonyl (C=O) groups is 2. The maximum Gasteiger partial charge on any atom is 0.338 e. The summed E-state index contributed by atoms with van der Waals surface area (Å²) in [6.45, 7) is 5.18. The van der Waals surface area contributed by atoms with Crippen molar-refractivity contribution >= 4 is 17.6 Å². The molecule has 7 heteroatoms. The second-order valence-corrected chi connectivity index (χ2v) is 5.04. The van der Waals surface area contributed by atoms with Gasteiger partial charge < -0.3 is 14.6 Å². The third-order valence-corrected chi connectivity index (χ3v) is 2.75. The van der Waals surface area contributed by atoms with Gasteiger partial charge in [0.05, 0.1) is 5.56 Å². The number of benzene rings is 1. The van der Waals surface area contributed by atoms with Gasteiger partial charge in [0.25, 0.3) is 5.89 Å². The molecule has 0 saturated carbocycles. The average molecular weight is 303 g/mol. The standard InChI is InChI=1S/C15H17N3O4/c1-9(2)14-17-13(22-18-14)8-21-15(20)11-5-4-6-12(7-11)16-10(3)19/h4-7,9H,8H2,1-3H3,(H,16,19). The molecule has 1 N–H and O–H groups in total. The first-order valence-electron chi connectivity index (χ1n) is 6.83. The van der Waals surface area contributed by atoms with Crippen LogP contribution >= 0.6 is 0 Å². The van der Waals surface area contributed by atoms with Crippen LogP contribution in [0.1, 0.15) is 48.8 Å². The van der Waals surface area contributed by atoms with Crippen molar-refractivity contribution in [1.29, 1.82) is 0 Å². The number of ether oxygens (including phenoxy) is 1. The summed E-state index contributed by atoms with van der Waals surface area (Å²) < 4.78 is 10.1. The van der Waals surface area contributed by atoms with Crippen LogP contribution in [-0.4, -0.2) is 22.0 Å². The maximum absolute atomic E-state index is 12.0.